The number of hydrogen-bond acceptors (Lipinski definition) is 8. The highest BCUT2D eigenvalue weighted by molar-refractivity contribution is 6.51. The molecule has 3 aromatic rings. The summed E-state index contributed by atoms with van der Waals surface area (Å²) in [5, 5.41) is 22.0. The number of carbonyl (C=O) groups is 3. The molecule has 0 radical (unpaired) electrons. The largest absolute Gasteiger partial charge is 0.507 e. The number of anilines is 1. The normalized spacial score (nSPS) is 16.7. The Morgan fingerprint density at radius 2 is 1.75 bits per heavy atom. The van der Waals surface area contributed by atoms with Crippen molar-refractivity contribution in [2.45, 2.75) is 19.4 Å². The molecule has 1 aliphatic rings. The SMILES string of the molecule is CCCOC(=O)c1ccc(N2C(=O)C(=O)/C(=C(\O)c3ccc([N+](=O)[O-])cc3)C2c2cccnc2)cc1. The number of esters is 1. The fraction of sp³-hybridized carbons (Fsp3) is 0.154. The second kappa shape index (κ2) is 10.2. The fourth-order valence-corrected chi connectivity index (χ4v) is 3.88. The number of ketones is 1. The number of nitrogens with zero attached hydrogens (tertiary/aromatic N) is 3. The van der Waals surface area contributed by atoms with Crippen LogP contribution in [0, 0.1) is 10.1 Å². The van der Waals surface area contributed by atoms with E-state index in [1.54, 1.807) is 12.1 Å². The Morgan fingerprint density at radius 1 is 1.08 bits per heavy atom. The summed E-state index contributed by atoms with van der Waals surface area (Å²) < 4.78 is 5.13. The van der Waals surface area contributed by atoms with Crippen LogP contribution in [0.4, 0.5) is 11.4 Å². The van der Waals surface area contributed by atoms with E-state index in [4.69, 9.17) is 4.74 Å². The third kappa shape index (κ3) is 4.56. The van der Waals surface area contributed by atoms with Crippen molar-refractivity contribution in [1.29, 1.82) is 0 Å². The monoisotopic (exact) mass is 487 g/mol. The van der Waals surface area contributed by atoms with E-state index in [0.717, 1.165) is 0 Å². The van der Waals surface area contributed by atoms with Crippen molar-refractivity contribution in [3.05, 3.63) is 105 Å². The van der Waals surface area contributed by atoms with Crippen molar-refractivity contribution in [3.8, 4) is 0 Å². The van der Waals surface area contributed by atoms with Crippen molar-refractivity contribution in [2.75, 3.05) is 11.5 Å². The number of aliphatic hydroxyl groups is 1. The lowest BCUT2D eigenvalue weighted by Crippen LogP contribution is -2.29. The lowest BCUT2D eigenvalue weighted by Gasteiger charge is -2.25. The Bertz CT molecular complexity index is 1350. The molecule has 10 nitrogen and oxygen atoms in total. The Kier molecular flexibility index (Phi) is 6.86. The van der Waals surface area contributed by atoms with Gasteiger partial charge < -0.3 is 9.84 Å². The van der Waals surface area contributed by atoms with Crippen molar-refractivity contribution in [1.82, 2.24) is 4.98 Å². The van der Waals surface area contributed by atoms with E-state index in [2.05, 4.69) is 4.98 Å². The van der Waals surface area contributed by atoms with Gasteiger partial charge in [0.15, 0.2) is 0 Å². The third-order valence-electron chi connectivity index (χ3n) is 5.61. The van der Waals surface area contributed by atoms with Crippen LogP contribution in [0.1, 0.15) is 40.9 Å². The molecule has 0 spiro atoms. The molecule has 2 heterocycles. The van der Waals surface area contributed by atoms with Crippen LogP contribution in [-0.4, -0.2) is 39.3 Å². The highest BCUT2D eigenvalue weighted by atomic mass is 16.6. The van der Waals surface area contributed by atoms with Crippen LogP contribution >= 0.6 is 0 Å². The molecule has 1 aliphatic heterocycles. The standard InChI is InChI=1S/C26H21N3O7/c1-2-14-36-26(33)17-7-9-19(10-8-17)28-22(18-4-3-13-27-15-18)21(24(31)25(28)32)23(30)16-5-11-20(12-6-16)29(34)35/h3-13,15,22,30H,2,14H2,1H3/b23-21-. The van der Waals surface area contributed by atoms with Crippen molar-refractivity contribution >= 4 is 34.8 Å². The molecular formula is C26H21N3O7. The van der Waals surface area contributed by atoms with E-state index in [-0.39, 0.29) is 29.0 Å². The van der Waals surface area contributed by atoms with Crippen LogP contribution in [0.3, 0.4) is 0 Å². The molecule has 1 amide bonds. The lowest BCUT2D eigenvalue weighted by molar-refractivity contribution is -0.384. The topological polar surface area (TPSA) is 140 Å². The number of rotatable bonds is 7. The predicted molar refractivity (Wildman–Crippen MR) is 129 cm³/mol. The first-order chi connectivity index (χ1) is 17.3. The van der Waals surface area contributed by atoms with Gasteiger partial charge in [0.2, 0.25) is 0 Å². The lowest BCUT2D eigenvalue weighted by atomic mass is 9.96. The number of non-ortho nitro benzene ring substituents is 1. The van der Waals surface area contributed by atoms with Crippen LogP contribution in [0.15, 0.2) is 78.6 Å². The number of amides is 1. The first-order valence-electron chi connectivity index (χ1n) is 11.1. The molecule has 0 saturated carbocycles. The molecule has 1 saturated heterocycles. The summed E-state index contributed by atoms with van der Waals surface area (Å²) in [6.45, 7) is 2.15. The molecule has 10 heteroatoms. The molecule has 1 aromatic heterocycles. The molecule has 4 rings (SSSR count). The van der Waals surface area contributed by atoms with Gasteiger partial charge in [-0.05, 0) is 54.4 Å². The summed E-state index contributed by atoms with van der Waals surface area (Å²) >= 11 is 0. The van der Waals surface area contributed by atoms with Crippen LogP contribution in [0.5, 0.6) is 0 Å². The summed E-state index contributed by atoms with van der Waals surface area (Å²) in [4.78, 5) is 54.2. The second-order valence-corrected chi connectivity index (χ2v) is 7.94. The van der Waals surface area contributed by atoms with Crippen LogP contribution in [-0.2, 0) is 14.3 Å². The van der Waals surface area contributed by atoms with Gasteiger partial charge in [-0.25, -0.2) is 4.79 Å². The maximum Gasteiger partial charge on any atom is 0.338 e. The first kappa shape index (κ1) is 24.3. The van der Waals surface area contributed by atoms with Crippen molar-refractivity contribution in [2.24, 2.45) is 0 Å². The van der Waals surface area contributed by atoms with Crippen LogP contribution in [0.2, 0.25) is 0 Å². The fourth-order valence-electron chi connectivity index (χ4n) is 3.88. The number of nitro groups is 1. The number of benzene rings is 2. The number of pyridine rings is 1. The zero-order valence-electron chi connectivity index (χ0n) is 19.2. The van der Waals surface area contributed by atoms with E-state index in [1.165, 1.54) is 65.8 Å². The van der Waals surface area contributed by atoms with E-state index < -0.39 is 34.4 Å². The van der Waals surface area contributed by atoms with Gasteiger partial charge in [0.1, 0.15) is 5.76 Å². The third-order valence-corrected chi connectivity index (χ3v) is 5.61. The van der Waals surface area contributed by atoms with E-state index in [9.17, 15) is 29.6 Å². The summed E-state index contributed by atoms with van der Waals surface area (Å²) in [7, 11) is 0. The van der Waals surface area contributed by atoms with E-state index in [0.29, 0.717) is 17.7 Å². The number of aliphatic hydroxyl groups excluding tert-OH is 1. The summed E-state index contributed by atoms with van der Waals surface area (Å²) in [6, 6.07) is 13.3. The molecule has 0 aliphatic carbocycles. The molecule has 36 heavy (non-hydrogen) atoms. The van der Waals surface area contributed by atoms with Crippen molar-refractivity contribution < 1.29 is 29.2 Å². The van der Waals surface area contributed by atoms with Crippen LogP contribution in [0.25, 0.3) is 5.76 Å². The molecule has 182 valence electrons. The molecule has 1 N–H and O–H groups in total. The summed E-state index contributed by atoms with van der Waals surface area (Å²) in [5.41, 5.74) is 0.836. The number of carbonyl (C=O) groups excluding carboxylic acids is 3. The van der Waals surface area contributed by atoms with Gasteiger partial charge in [0, 0.05) is 35.8 Å². The van der Waals surface area contributed by atoms with Gasteiger partial charge in [-0.1, -0.05) is 13.0 Å². The molecule has 1 unspecified atom stereocenters. The Hall–Kier alpha value is -4.86. The van der Waals surface area contributed by atoms with Crippen LogP contribution < -0.4 is 4.90 Å². The first-order valence-corrected chi connectivity index (χ1v) is 11.1. The van der Waals surface area contributed by atoms with E-state index in [1.807, 2.05) is 6.92 Å². The highest BCUT2D eigenvalue weighted by Gasteiger charge is 2.47. The van der Waals surface area contributed by atoms with Gasteiger partial charge in [0.25, 0.3) is 17.4 Å². The minimum absolute atomic E-state index is 0.140. The average Bonchev–Trinajstić information content (AvgIpc) is 3.17. The number of aromatic nitrogens is 1. The number of ether oxygens (including phenoxy) is 1. The summed E-state index contributed by atoms with van der Waals surface area (Å²) in [6.07, 6.45) is 3.68. The maximum atomic E-state index is 13.2. The maximum absolute atomic E-state index is 13.2. The zero-order valence-corrected chi connectivity index (χ0v) is 19.2. The minimum Gasteiger partial charge on any atom is -0.507 e. The van der Waals surface area contributed by atoms with E-state index >= 15 is 0 Å². The van der Waals surface area contributed by atoms with Gasteiger partial charge >= 0.3 is 5.97 Å². The molecule has 2 aromatic carbocycles. The quantitative estimate of drug-likeness (QED) is 0.131. The van der Waals surface area contributed by atoms with Gasteiger partial charge in [-0.3, -0.25) is 29.6 Å². The van der Waals surface area contributed by atoms with Gasteiger partial charge in [-0.2, -0.15) is 0 Å². The molecule has 1 atom stereocenters. The van der Waals surface area contributed by atoms with Crippen molar-refractivity contribution in [3.63, 3.8) is 0 Å². The van der Waals surface area contributed by atoms with Gasteiger partial charge in [-0.15, -0.1) is 0 Å². The Balaban J connectivity index is 1.79. The number of hydrogen-bond donors (Lipinski definition) is 1. The molecular weight excluding hydrogens is 466 g/mol. The highest BCUT2D eigenvalue weighted by Crippen LogP contribution is 2.42. The number of Topliss-reactive ketones (excluding diaryl/α,β-unsaturated/α-hetero) is 1. The molecule has 1 fully saturated rings. The molecule has 0 bridgehead atoms. The average molecular weight is 487 g/mol. The minimum atomic E-state index is -1.02. The second-order valence-electron chi connectivity index (χ2n) is 7.94. The predicted octanol–water partition coefficient (Wildman–Crippen LogP) is 4.18. The number of nitro benzene ring substituents is 1. The smallest absolute Gasteiger partial charge is 0.338 e. The Labute approximate surface area is 205 Å². The summed E-state index contributed by atoms with van der Waals surface area (Å²) in [5.74, 6) is -2.79. The zero-order chi connectivity index (χ0) is 25.8. The van der Waals surface area contributed by atoms with Gasteiger partial charge in [0.05, 0.1) is 28.7 Å². The Morgan fingerprint density at radius 3 is 2.33 bits per heavy atom.